The highest BCUT2D eigenvalue weighted by Gasteiger charge is 2.49. The van der Waals surface area contributed by atoms with E-state index in [2.05, 4.69) is 5.32 Å². The third kappa shape index (κ3) is 4.83. The van der Waals surface area contributed by atoms with E-state index in [0.29, 0.717) is 17.7 Å². The molecule has 0 spiro atoms. The SMILES string of the molecule is O=C(NC1CCCC1)[C@@H](c1cccs1)N(C(=O)C(F)(F)F)C1CCCCC1. The molecule has 0 aliphatic heterocycles. The van der Waals surface area contributed by atoms with Crippen LogP contribution < -0.4 is 5.32 Å². The van der Waals surface area contributed by atoms with Crippen molar-refractivity contribution in [2.45, 2.75) is 82.1 Å². The van der Waals surface area contributed by atoms with Crippen LogP contribution in [0.1, 0.15) is 68.7 Å². The number of rotatable bonds is 5. The van der Waals surface area contributed by atoms with Crippen LogP contribution in [0.15, 0.2) is 17.5 Å². The fraction of sp³-hybridized carbons (Fsp3) is 0.684. The molecule has 1 atom stereocenters. The molecule has 0 aromatic carbocycles. The number of nitrogens with one attached hydrogen (secondary N) is 1. The minimum absolute atomic E-state index is 0.0193. The van der Waals surface area contributed by atoms with Gasteiger partial charge in [0, 0.05) is 17.0 Å². The van der Waals surface area contributed by atoms with Crippen LogP contribution in [0.4, 0.5) is 13.2 Å². The van der Waals surface area contributed by atoms with Crippen LogP contribution in [0.5, 0.6) is 0 Å². The van der Waals surface area contributed by atoms with Crippen LogP contribution in [0, 0.1) is 0 Å². The van der Waals surface area contributed by atoms with Gasteiger partial charge >= 0.3 is 12.1 Å². The summed E-state index contributed by atoms with van der Waals surface area (Å²) in [6.07, 6.45) is 2.16. The Morgan fingerprint density at radius 2 is 1.70 bits per heavy atom. The first-order valence-corrected chi connectivity index (χ1v) is 10.5. The van der Waals surface area contributed by atoms with Crippen molar-refractivity contribution in [3.8, 4) is 0 Å². The molecule has 0 bridgehead atoms. The van der Waals surface area contributed by atoms with Gasteiger partial charge in [0.15, 0.2) is 0 Å². The minimum Gasteiger partial charge on any atom is -0.351 e. The van der Waals surface area contributed by atoms with Crippen molar-refractivity contribution < 1.29 is 22.8 Å². The van der Waals surface area contributed by atoms with E-state index >= 15 is 0 Å². The van der Waals surface area contributed by atoms with Crippen molar-refractivity contribution in [2.24, 2.45) is 0 Å². The maximum Gasteiger partial charge on any atom is 0.471 e. The predicted molar refractivity (Wildman–Crippen MR) is 97.2 cm³/mol. The molecule has 27 heavy (non-hydrogen) atoms. The van der Waals surface area contributed by atoms with Crippen LogP contribution in [0.2, 0.25) is 0 Å². The average molecular weight is 402 g/mol. The molecule has 1 aromatic rings. The second-order valence-electron chi connectivity index (χ2n) is 7.41. The Bertz CT molecular complexity index is 636. The number of nitrogens with zero attached hydrogens (tertiary/aromatic N) is 1. The number of carbonyl (C=O) groups excluding carboxylic acids is 2. The molecule has 2 saturated carbocycles. The molecule has 150 valence electrons. The number of carbonyl (C=O) groups is 2. The quantitative estimate of drug-likeness (QED) is 0.784. The maximum atomic E-state index is 13.4. The van der Waals surface area contributed by atoms with E-state index in [9.17, 15) is 22.8 Å². The lowest BCUT2D eigenvalue weighted by Gasteiger charge is -2.39. The van der Waals surface area contributed by atoms with Gasteiger partial charge in [-0.05, 0) is 37.1 Å². The minimum atomic E-state index is -5.00. The van der Waals surface area contributed by atoms with Crippen LogP contribution in [-0.2, 0) is 9.59 Å². The summed E-state index contributed by atoms with van der Waals surface area (Å²) in [4.78, 5) is 26.7. The molecule has 1 N–H and O–H groups in total. The second kappa shape index (κ2) is 8.63. The van der Waals surface area contributed by atoms with E-state index in [4.69, 9.17) is 0 Å². The Hall–Kier alpha value is -1.57. The van der Waals surface area contributed by atoms with Crippen molar-refractivity contribution in [1.82, 2.24) is 10.2 Å². The summed E-state index contributed by atoms with van der Waals surface area (Å²) in [6, 6.07) is 1.54. The summed E-state index contributed by atoms with van der Waals surface area (Å²) >= 11 is 1.22. The third-order valence-electron chi connectivity index (χ3n) is 5.49. The summed E-state index contributed by atoms with van der Waals surface area (Å²) in [5.41, 5.74) is 0. The van der Waals surface area contributed by atoms with Gasteiger partial charge in [0.1, 0.15) is 6.04 Å². The van der Waals surface area contributed by atoms with Gasteiger partial charge in [-0.3, -0.25) is 9.59 Å². The number of amides is 2. The van der Waals surface area contributed by atoms with E-state index in [1.807, 2.05) is 0 Å². The number of hydrogen-bond acceptors (Lipinski definition) is 3. The largest absolute Gasteiger partial charge is 0.471 e. The van der Waals surface area contributed by atoms with E-state index in [-0.39, 0.29) is 6.04 Å². The number of halogens is 3. The lowest BCUT2D eigenvalue weighted by atomic mass is 9.92. The van der Waals surface area contributed by atoms with E-state index in [1.165, 1.54) is 11.3 Å². The molecular formula is C19H25F3N2O2S. The number of hydrogen-bond donors (Lipinski definition) is 1. The molecule has 0 unspecified atom stereocenters. The van der Waals surface area contributed by atoms with Gasteiger partial charge in [-0.1, -0.05) is 38.2 Å². The smallest absolute Gasteiger partial charge is 0.351 e. The van der Waals surface area contributed by atoms with Gasteiger partial charge in [-0.25, -0.2) is 0 Å². The van der Waals surface area contributed by atoms with Gasteiger partial charge in [-0.15, -0.1) is 11.3 Å². The molecule has 0 saturated heterocycles. The Morgan fingerprint density at radius 3 is 2.26 bits per heavy atom. The van der Waals surface area contributed by atoms with Crippen molar-refractivity contribution in [1.29, 1.82) is 0 Å². The fourth-order valence-electron chi connectivity index (χ4n) is 4.19. The molecule has 2 aliphatic rings. The highest BCUT2D eigenvalue weighted by molar-refractivity contribution is 7.10. The van der Waals surface area contributed by atoms with Crippen molar-refractivity contribution >= 4 is 23.2 Å². The van der Waals surface area contributed by atoms with E-state index < -0.39 is 30.1 Å². The Kier molecular flexibility index (Phi) is 6.44. The number of alkyl halides is 3. The molecular weight excluding hydrogens is 377 g/mol. The summed E-state index contributed by atoms with van der Waals surface area (Å²) < 4.78 is 40.2. The Morgan fingerprint density at radius 1 is 1.07 bits per heavy atom. The van der Waals surface area contributed by atoms with Crippen LogP contribution in [0.3, 0.4) is 0 Å². The highest BCUT2D eigenvalue weighted by Crippen LogP contribution is 2.36. The van der Waals surface area contributed by atoms with Crippen LogP contribution >= 0.6 is 11.3 Å². The molecule has 2 amide bonds. The second-order valence-corrected chi connectivity index (χ2v) is 8.39. The van der Waals surface area contributed by atoms with Gasteiger partial charge in [0.2, 0.25) is 5.91 Å². The lowest BCUT2D eigenvalue weighted by Crippen LogP contribution is -2.54. The fourth-order valence-corrected chi connectivity index (χ4v) is 5.01. The monoisotopic (exact) mass is 402 g/mol. The van der Waals surface area contributed by atoms with Crippen molar-refractivity contribution in [3.05, 3.63) is 22.4 Å². The summed E-state index contributed by atoms with van der Waals surface area (Å²) in [5.74, 6) is -2.40. The third-order valence-corrected chi connectivity index (χ3v) is 6.41. The standard InChI is InChI=1S/C19H25F3N2O2S/c20-19(21,22)18(26)24(14-9-2-1-3-10-14)16(15-11-6-12-27-15)17(25)23-13-7-4-5-8-13/h6,11-14,16H,1-5,7-10H2,(H,23,25)/t16-/m1/s1. The van der Waals surface area contributed by atoms with Gasteiger partial charge in [0.05, 0.1) is 0 Å². The van der Waals surface area contributed by atoms with E-state index in [0.717, 1.165) is 49.8 Å². The molecule has 1 aromatic heterocycles. The van der Waals surface area contributed by atoms with Crippen LogP contribution in [0.25, 0.3) is 0 Å². The first kappa shape index (κ1) is 20.2. The van der Waals surface area contributed by atoms with Gasteiger partial charge in [-0.2, -0.15) is 13.2 Å². The highest BCUT2D eigenvalue weighted by atomic mass is 32.1. The first-order valence-electron chi connectivity index (χ1n) is 9.61. The molecule has 2 fully saturated rings. The zero-order chi connectivity index (χ0) is 19.4. The maximum absolute atomic E-state index is 13.4. The molecule has 3 rings (SSSR count). The summed E-state index contributed by atoms with van der Waals surface area (Å²) in [7, 11) is 0. The Balaban J connectivity index is 1.93. The van der Waals surface area contributed by atoms with Crippen molar-refractivity contribution in [2.75, 3.05) is 0 Å². The predicted octanol–water partition coefficient (Wildman–Crippen LogP) is 4.57. The zero-order valence-corrected chi connectivity index (χ0v) is 16.0. The average Bonchev–Trinajstić information content (AvgIpc) is 3.32. The van der Waals surface area contributed by atoms with Gasteiger partial charge in [0.25, 0.3) is 0 Å². The molecule has 4 nitrogen and oxygen atoms in total. The first-order chi connectivity index (χ1) is 12.9. The summed E-state index contributed by atoms with van der Waals surface area (Å²) in [5, 5.41) is 4.62. The van der Waals surface area contributed by atoms with Gasteiger partial charge < -0.3 is 10.2 Å². The molecule has 1 heterocycles. The number of thiophene rings is 1. The lowest BCUT2D eigenvalue weighted by molar-refractivity contribution is -0.192. The van der Waals surface area contributed by atoms with E-state index in [1.54, 1.807) is 17.5 Å². The zero-order valence-electron chi connectivity index (χ0n) is 15.1. The molecule has 0 radical (unpaired) electrons. The molecule has 8 heteroatoms. The van der Waals surface area contributed by atoms with Crippen LogP contribution in [-0.4, -0.2) is 35.0 Å². The molecule has 2 aliphatic carbocycles. The Labute approximate surface area is 161 Å². The van der Waals surface area contributed by atoms with Crippen molar-refractivity contribution in [3.63, 3.8) is 0 Å². The normalized spacial score (nSPS) is 20.4. The topological polar surface area (TPSA) is 49.4 Å². The summed E-state index contributed by atoms with van der Waals surface area (Å²) in [6.45, 7) is 0.